The van der Waals surface area contributed by atoms with E-state index in [4.69, 9.17) is 17.3 Å². The highest BCUT2D eigenvalue weighted by atomic mass is 32.1. The Kier molecular flexibility index (Phi) is 5.23. The SMILES string of the molecule is CC(NC(=S)N/N=C1\C2CN3CCN(C2)CC1(C(C)C)C3)c1ccccc1. The Morgan fingerprint density at radius 1 is 1.11 bits per heavy atom. The van der Waals surface area contributed by atoms with E-state index >= 15 is 0 Å². The van der Waals surface area contributed by atoms with Gasteiger partial charge in [-0.1, -0.05) is 44.2 Å². The van der Waals surface area contributed by atoms with E-state index in [1.54, 1.807) is 0 Å². The summed E-state index contributed by atoms with van der Waals surface area (Å²) < 4.78 is 0. The topological polar surface area (TPSA) is 42.9 Å². The van der Waals surface area contributed by atoms with Crippen LogP contribution in [0.1, 0.15) is 32.4 Å². The largest absolute Gasteiger partial charge is 0.355 e. The molecule has 1 aromatic carbocycles. The molecule has 5 nitrogen and oxygen atoms in total. The highest BCUT2D eigenvalue weighted by molar-refractivity contribution is 7.80. The van der Waals surface area contributed by atoms with Gasteiger partial charge in [-0.25, -0.2) is 0 Å². The van der Waals surface area contributed by atoms with Crippen molar-refractivity contribution in [3.63, 3.8) is 0 Å². The van der Waals surface area contributed by atoms with Gasteiger partial charge < -0.3 is 15.1 Å². The molecule has 4 fully saturated rings. The zero-order chi connectivity index (χ0) is 19.0. The maximum atomic E-state index is 5.54. The van der Waals surface area contributed by atoms with Crippen LogP contribution in [0.5, 0.6) is 0 Å². The van der Waals surface area contributed by atoms with Gasteiger partial charge in [0.2, 0.25) is 0 Å². The minimum Gasteiger partial charge on any atom is -0.355 e. The number of fused-ring (bicyclic) bond motifs is 1. The fraction of sp³-hybridized carbons (Fsp3) is 0.619. The van der Waals surface area contributed by atoms with Crippen LogP contribution in [-0.4, -0.2) is 59.9 Å². The fourth-order valence-corrected chi connectivity index (χ4v) is 5.27. The predicted octanol–water partition coefficient (Wildman–Crippen LogP) is 2.47. The summed E-state index contributed by atoms with van der Waals surface area (Å²) >= 11 is 5.54. The molecule has 3 atom stereocenters. The Balaban J connectivity index is 1.48. The summed E-state index contributed by atoms with van der Waals surface area (Å²) in [6.07, 6.45) is 0. The van der Waals surface area contributed by atoms with Crippen LogP contribution < -0.4 is 10.7 Å². The van der Waals surface area contributed by atoms with Gasteiger partial charge in [0.1, 0.15) is 0 Å². The van der Waals surface area contributed by atoms with Gasteiger partial charge in [-0.3, -0.25) is 5.43 Å². The minimum absolute atomic E-state index is 0.144. The van der Waals surface area contributed by atoms with Gasteiger partial charge in [0.25, 0.3) is 0 Å². The van der Waals surface area contributed by atoms with Crippen molar-refractivity contribution in [3.05, 3.63) is 35.9 Å². The van der Waals surface area contributed by atoms with Crippen molar-refractivity contribution in [2.24, 2.45) is 22.4 Å². The van der Waals surface area contributed by atoms with E-state index in [0.717, 1.165) is 26.2 Å². The summed E-state index contributed by atoms with van der Waals surface area (Å²) in [4.78, 5) is 5.29. The minimum atomic E-state index is 0.144. The number of hydrogen-bond donors (Lipinski definition) is 2. The van der Waals surface area contributed by atoms with E-state index in [-0.39, 0.29) is 11.5 Å². The molecular formula is C21H31N5S. The van der Waals surface area contributed by atoms with Gasteiger partial charge in [0.15, 0.2) is 5.11 Å². The number of piperidine rings is 2. The molecule has 1 aromatic rings. The Morgan fingerprint density at radius 3 is 2.33 bits per heavy atom. The maximum absolute atomic E-state index is 5.54. The second kappa shape index (κ2) is 7.49. The van der Waals surface area contributed by atoms with E-state index in [0.29, 0.717) is 16.9 Å². The molecule has 146 valence electrons. The molecule has 5 rings (SSSR count). The lowest BCUT2D eigenvalue weighted by atomic mass is 9.64. The number of nitrogens with zero attached hydrogens (tertiary/aromatic N) is 3. The first-order valence-electron chi connectivity index (χ1n) is 10.1. The van der Waals surface area contributed by atoms with Crippen molar-refractivity contribution in [3.8, 4) is 0 Å². The van der Waals surface area contributed by atoms with Crippen molar-refractivity contribution in [2.75, 3.05) is 39.3 Å². The second-order valence-electron chi connectivity index (χ2n) is 8.69. The van der Waals surface area contributed by atoms with Crippen LogP contribution >= 0.6 is 12.2 Å². The van der Waals surface area contributed by atoms with E-state index < -0.39 is 0 Å². The number of thiocarbonyl (C=S) groups is 1. The molecule has 4 bridgehead atoms. The Hall–Kier alpha value is -1.50. The van der Waals surface area contributed by atoms with Crippen LogP contribution in [-0.2, 0) is 0 Å². The third kappa shape index (κ3) is 3.62. The number of benzene rings is 1. The number of hydrazone groups is 1. The molecule has 4 aliphatic heterocycles. The second-order valence-corrected chi connectivity index (χ2v) is 9.10. The van der Waals surface area contributed by atoms with E-state index in [1.165, 1.54) is 24.4 Å². The summed E-state index contributed by atoms with van der Waals surface area (Å²) in [6.45, 7) is 13.7. The molecule has 0 aliphatic carbocycles. The zero-order valence-corrected chi connectivity index (χ0v) is 17.4. The molecule has 27 heavy (non-hydrogen) atoms. The highest BCUT2D eigenvalue weighted by Gasteiger charge is 2.53. The van der Waals surface area contributed by atoms with Crippen LogP contribution in [0, 0.1) is 17.3 Å². The average Bonchev–Trinajstić information content (AvgIpc) is 2.90. The summed E-state index contributed by atoms with van der Waals surface area (Å²) in [5.74, 6) is 1.08. The molecule has 0 aromatic heterocycles. The van der Waals surface area contributed by atoms with Gasteiger partial charge in [0.05, 0.1) is 11.8 Å². The Labute approximate surface area is 168 Å². The van der Waals surface area contributed by atoms with Crippen molar-refractivity contribution in [1.29, 1.82) is 0 Å². The summed E-state index contributed by atoms with van der Waals surface area (Å²) in [6, 6.07) is 10.5. The first-order chi connectivity index (χ1) is 13.0. The first-order valence-corrected chi connectivity index (χ1v) is 10.5. The summed E-state index contributed by atoms with van der Waals surface area (Å²) in [7, 11) is 0. The van der Waals surface area contributed by atoms with Crippen molar-refractivity contribution < 1.29 is 0 Å². The molecule has 2 N–H and O–H groups in total. The summed E-state index contributed by atoms with van der Waals surface area (Å²) in [5.41, 5.74) is 5.89. The molecular weight excluding hydrogens is 354 g/mol. The van der Waals surface area contributed by atoms with Crippen molar-refractivity contribution in [2.45, 2.75) is 26.8 Å². The predicted molar refractivity (Wildman–Crippen MR) is 115 cm³/mol. The molecule has 3 unspecified atom stereocenters. The van der Waals surface area contributed by atoms with Crippen LogP contribution in [0.15, 0.2) is 35.4 Å². The van der Waals surface area contributed by atoms with Crippen LogP contribution in [0.25, 0.3) is 0 Å². The molecule has 0 amide bonds. The van der Waals surface area contributed by atoms with Crippen LogP contribution in [0.4, 0.5) is 0 Å². The Morgan fingerprint density at radius 2 is 1.74 bits per heavy atom. The third-order valence-corrected chi connectivity index (χ3v) is 6.84. The van der Waals surface area contributed by atoms with Crippen molar-refractivity contribution >= 4 is 23.0 Å². The average molecular weight is 386 g/mol. The lowest BCUT2D eigenvalue weighted by Gasteiger charge is -2.52. The molecule has 0 radical (unpaired) electrons. The Bertz CT molecular complexity index is 701. The van der Waals surface area contributed by atoms with E-state index in [2.05, 4.69) is 65.6 Å². The normalized spacial score (nSPS) is 34.5. The number of rotatable bonds is 4. The molecule has 4 saturated heterocycles. The molecule has 6 heteroatoms. The van der Waals surface area contributed by atoms with Crippen LogP contribution in [0.2, 0.25) is 0 Å². The third-order valence-electron chi connectivity index (χ3n) is 6.63. The van der Waals surface area contributed by atoms with Gasteiger partial charge in [0, 0.05) is 50.6 Å². The lowest BCUT2D eigenvalue weighted by Crippen LogP contribution is -2.63. The molecule has 4 heterocycles. The molecule has 4 aliphatic rings. The van der Waals surface area contributed by atoms with Gasteiger partial charge in [-0.2, -0.15) is 5.10 Å². The van der Waals surface area contributed by atoms with Gasteiger partial charge in [-0.05, 0) is 30.6 Å². The molecule has 0 spiro atoms. The van der Waals surface area contributed by atoms with Crippen molar-refractivity contribution in [1.82, 2.24) is 20.5 Å². The smallest absolute Gasteiger partial charge is 0.187 e. The van der Waals surface area contributed by atoms with Gasteiger partial charge >= 0.3 is 0 Å². The number of hydrogen-bond acceptors (Lipinski definition) is 4. The fourth-order valence-electron chi connectivity index (χ4n) is 5.05. The van der Waals surface area contributed by atoms with Crippen LogP contribution in [0.3, 0.4) is 0 Å². The van der Waals surface area contributed by atoms with E-state index in [1.807, 2.05) is 6.07 Å². The number of nitrogens with one attached hydrogen (secondary N) is 2. The van der Waals surface area contributed by atoms with Gasteiger partial charge in [-0.15, -0.1) is 0 Å². The zero-order valence-electron chi connectivity index (χ0n) is 16.6. The molecule has 0 saturated carbocycles. The quantitative estimate of drug-likeness (QED) is 0.616. The van der Waals surface area contributed by atoms with E-state index in [9.17, 15) is 0 Å². The highest BCUT2D eigenvalue weighted by Crippen LogP contribution is 2.43. The maximum Gasteiger partial charge on any atom is 0.187 e. The monoisotopic (exact) mass is 385 g/mol. The summed E-state index contributed by atoms with van der Waals surface area (Å²) in [5, 5.41) is 8.88. The standard InChI is InChI=1S/C21H31N5S/c1-15(2)21-13-25-9-10-26(14-21)12-18(11-25)19(21)23-24-20(27)22-16(3)17-7-5-4-6-8-17/h4-8,15-16,18H,9-14H2,1-3H3,(H2,22,24,27)/b23-19+. The lowest BCUT2D eigenvalue weighted by molar-refractivity contribution is 0.0828. The first kappa shape index (κ1) is 18.8.